The van der Waals surface area contributed by atoms with Gasteiger partial charge in [-0.2, -0.15) is 0 Å². The summed E-state index contributed by atoms with van der Waals surface area (Å²) in [6.45, 7) is 11.5. The highest BCUT2D eigenvalue weighted by atomic mass is 19.1. The molecule has 0 aromatic heterocycles. The first kappa shape index (κ1) is 39.0. The summed E-state index contributed by atoms with van der Waals surface area (Å²) < 4.78 is 14.4. The fourth-order valence-corrected chi connectivity index (χ4v) is 7.73. The van der Waals surface area contributed by atoms with Crippen LogP contribution in [0.1, 0.15) is 23.6 Å². The van der Waals surface area contributed by atoms with E-state index in [1.54, 1.807) is 59.5 Å². The molecule has 5 aromatic carbocycles. The lowest BCUT2D eigenvalue weighted by molar-refractivity contribution is -0.384. The third-order valence-corrected chi connectivity index (χ3v) is 10.8. The smallest absolute Gasteiger partial charge is 0.328 e. The Hall–Kier alpha value is -7.83. The van der Waals surface area contributed by atoms with E-state index in [2.05, 4.69) is 25.8 Å². The summed E-state index contributed by atoms with van der Waals surface area (Å²) in [5, 5.41) is 18.8. The van der Waals surface area contributed by atoms with Crippen molar-refractivity contribution in [3.8, 4) is 11.1 Å². The first-order valence-electron chi connectivity index (χ1n) is 19.0. The number of hydrogen-bond acceptors (Lipinski definition) is 10. The van der Waals surface area contributed by atoms with Gasteiger partial charge in [-0.05, 0) is 65.6 Å². The Balaban J connectivity index is 0.000000180. The molecule has 0 aliphatic carbocycles. The Morgan fingerprint density at radius 1 is 0.783 bits per heavy atom. The molecule has 4 aliphatic rings. The average Bonchev–Trinajstić information content (AvgIpc) is 3.52. The number of anilines is 2. The van der Waals surface area contributed by atoms with Gasteiger partial charge in [0.2, 0.25) is 5.54 Å². The maximum absolute atomic E-state index is 14.4. The number of nitrogens with zero attached hydrogens (tertiary/aromatic N) is 6. The fraction of sp³-hybridized carbons (Fsp3) is 0.156. The number of rotatable bonds is 6. The average molecular weight is 802 g/mol. The second kappa shape index (κ2) is 16.2. The molecule has 5 aromatic rings. The van der Waals surface area contributed by atoms with Gasteiger partial charge in [0.25, 0.3) is 17.5 Å². The quantitative estimate of drug-likeness (QED) is 0.0717. The van der Waals surface area contributed by atoms with Crippen molar-refractivity contribution < 1.29 is 23.7 Å². The van der Waals surface area contributed by atoms with Gasteiger partial charge in [0, 0.05) is 60.8 Å². The van der Waals surface area contributed by atoms with Crippen molar-refractivity contribution in [1.29, 1.82) is 0 Å². The molecule has 3 N–H and O–H groups in total. The van der Waals surface area contributed by atoms with Crippen molar-refractivity contribution >= 4 is 52.1 Å². The monoisotopic (exact) mass is 801 g/mol. The van der Waals surface area contributed by atoms with E-state index in [0.717, 1.165) is 33.8 Å². The number of amidine groups is 1. The lowest BCUT2D eigenvalue weighted by atomic mass is 9.83. The Morgan fingerprint density at radius 2 is 1.43 bits per heavy atom. The van der Waals surface area contributed by atoms with Gasteiger partial charge in [0.1, 0.15) is 11.5 Å². The van der Waals surface area contributed by atoms with E-state index < -0.39 is 28.3 Å². The minimum absolute atomic E-state index is 0.00973. The molecule has 4 aliphatic heterocycles. The molecule has 9 rings (SSSR count). The van der Waals surface area contributed by atoms with Crippen LogP contribution in [0.15, 0.2) is 143 Å². The number of hydrogen-bond donors (Lipinski definition) is 3. The van der Waals surface area contributed by atoms with Crippen LogP contribution in [-0.2, 0) is 15.1 Å². The van der Waals surface area contributed by atoms with Gasteiger partial charge in [-0.3, -0.25) is 40.2 Å². The number of nitrogens with one attached hydrogen (secondary N) is 3. The van der Waals surface area contributed by atoms with Crippen LogP contribution < -0.4 is 20.9 Å². The van der Waals surface area contributed by atoms with Crippen LogP contribution in [0.25, 0.3) is 16.0 Å². The highest BCUT2D eigenvalue weighted by Crippen LogP contribution is 2.36. The molecular weight excluding hydrogens is 766 g/mol. The van der Waals surface area contributed by atoms with Crippen molar-refractivity contribution in [1.82, 2.24) is 15.5 Å². The lowest BCUT2D eigenvalue weighted by Crippen LogP contribution is -2.73. The molecule has 15 heteroatoms. The number of non-ortho nitro benzene ring substituents is 1. The number of nitro groups is 1. The number of amides is 4. The van der Waals surface area contributed by atoms with Crippen LogP contribution in [0, 0.1) is 22.5 Å². The molecule has 0 radical (unpaired) electrons. The number of halogens is 1. The molecular formula is C45H36FN9O5. The molecule has 2 fully saturated rings. The zero-order valence-electron chi connectivity index (χ0n) is 32.2. The zero-order chi connectivity index (χ0) is 42.0. The van der Waals surface area contributed by atoms with Crippen molar-refractivity contribution in [3.63, 3.8) is 0 Å². The number of aliphatic imine (C=N–C) groups is 2. The van der Waals surface area contributed by atoms with Crippen LogP contribution >= 0.6 is 0 Å². The van der Waals surface area contributed by atoms with Crippen molar-refractivity contribution in [3.05, 3.63) is 177 Å². The first-order valence-corrected chi connectivity index (χ1v) is 19.0. The number of barbiturate groups is 1. The zero-order valence-corrected chi connectivity index (χ0v) is 32.2. The van der Waals surface area contributed by atoms with E-state index in [1.165, 1.54) is 18.2 Å². The van der Waals surface area contributed by atoms with E-state index in [9.17, 15) is 28.9 Å². The molecule has 0 unspecified atom stereocenters. The van der Waals surface area contributed by atoms with Gasteiger partial charge in [-0.15, -0.1) is 0 Å². The summed E-state index contributed by atoms with van der Waals surface area (Å²) in [5.74, 6) is -1.03. The van der Waals surface area contributed by atoms with E-state index >= 15 is 0 Å². The topological polar surface area (TPSA) is 166 Å². The molecule has 0 atom stereocenters. The van der Waals surface area contributed by atoms with Gasteiger partial charge < -0.3 is 10.2 Å². The molecule has 0 saturated carbocycles. The maximum atomic E-state index is 14.4. The Kier molecular flexibility index (Phi) is 10.5. The Bertz CT molecular complexity index is 2660. The van der Waals surface area contributed by atoms with Crippen LogP contribution in [0.2, 0.25) is 0 Å². The van der Waals surface area contributed by atoms with E-state index in [4.69, 9.17) is 11.6 Å². The SMILES string of the molecule is O=C1NC(=O)C(c2ccc(-c3ccccc3)cc2)(N2CCN(c3ccc([N+](=O)[O-])cc3)CC2)C(=O)N1.[C-]#[N+]c1ccc2c(c1)C(c1ccccc1F)=NC1=C(C)CN=C1N2. The number of carbonyl (C=O) groups is 3. The third kappa shape index (κ3) is 7.27. The molecule has 2 saturated heterocycles. The molecule has 4 heterocycles. The maximum Gasteiger partial charge on any atom is 0.328 e. The van der Waals surface area contributed by atoms with Gasteiger partial charge in [0.05, 0.1) is 23.8 Å². The normalized spacial score (nSPS) is 16.9. The van der Waals surface area contributed by atoms with Crippen molar-refractivity contribution in [2.45, 2.75) is 12.5 Å². The van der Waals surface area contributed by atoms with Gasteiger partial charge in [-0.25, -0.2) is 19.0 Å². The van der Waals surface area contributed by atoms with Crippen LogP contribution in [-0.4, -0.2) is 71.9 Å². The summed E-state index contributed by atoms with van der Waals surface area (Å²) in [5.41, 5.74) is 6.19. The van der Waals surface area contributed by atoms with E-state index in [0.29, 0.717) is 66.6 Å². The van der Waals surface area contributed by atoms with Gasteiger partial charge in [-0.1, -0.05) is 72.8 Å². The third-order valence-electron chi connectivity index (χ3n) is 10.8. The molecule has 60 heavy (non-hydrogen) atoms. The summed E-state index contributed by atoms with van der Waals surface area (Å²) in [6, 6.07) is 34.2. The fourth-order valence-electron chi connectivity index (χ4n) is 7.73. The summed E-state index contributed by atoms with van der Waals surface area (Å²) in [7, 11) is 0. The number of fused-ring (bicyclic) bond motifs is 2. The number of benzene rings is 5. The Morgan fingerprint density at radius 3 is 2.08 bits per heavy atom. The minimum Gasteiger partial charge on any atom is -0.369 e. The largest absolute Gasteiger partial charge is 0.369 e. The van der Waals surface area contributed by atoms with Crippen molar-refractivity contribution in [2.24, 2.45) is 9.98 Å². The second-order valence-electron chi connectivity index (χ2n) is 14.3. The number of imide groups is 2. The summed E-state index contributed by atoms with van der Waals surface area (Å²) in [6.07, 6.45) is 0. The minimum atomic E-state index is -1.70. The van der Waals surface area contributed by atoms with Crippen LogP contribution in [0.4, 0.5) is 31.9 Å². The molecule has 0 bridgehead atoms. The van der Waals surface area contributed by atoms with Crippen LogP contribution in [0.5, 0.6) is 0 Å². The molecule has 0 spiro atoms. The second-order valence-corrected chi connectivity index (χ2v) is 14.3. The standard InChI is InChI=1S/C26H23N5O5.C19H13FN4/c32-23-26(24(33)28-25(34)27-23,20-8-6-19(7-9-20)18-4-2-1-3-5-18)30-16-14-29(15-17-30)21-10-12-22(13-11-21)31(35)36;1-11-10-22-19-17(11)24-18(13-5-3-4-6-15(13)20)14-9-12(21-2)7-8-16(14)23-19/h1-13H,14-17H2,(H2,27,28,32,33,34);3-9H,10H2,1H3,(H,22,23). The summed E-state index contributed by atoms with van der Waals surface area (Å²) >= 11 is 0. The lowest BCUT2D eigenvalue weighted by Gasteiger charge is -2.47. The predicted octanol–water partition coefficient (Wildman–Crippen LogP) is 6.97. The van der Waals surface area contributed by atoms with Crippen LogP contribution in [0.3, 0.4) is 0 Å². The van der Waals surface area contributed by atoms with E-state index in [1.807, 2.05) is 60.4 Å². The molecule has 298 valence electrons. The number of nitro benzene ring substituents is 1. The van der Waals surface area contributed by atoms with Gasteiger partial charge in [0.15, 0.2) is 11.5 Å². The highest BCUT2D eigenvalue weighted by molar-refractivity contribution is 6.24. The highest BCUT2D eigenvalue weighted by Gasteiger charge is 2.56. The molecule has 14 nitrogen and oxygen atoms in total. The summed E-state index contributed by atoms with van der Waals surface area (Å²) in [4.78, 5) is 65.5. The predicted molar refractivity (Wildman–Crippen MR) is 225 cm³/mol. The van der Waals surface area contributed by atoms with Gasteiger partial charge >= 0.3 is 6.03 Å². The Labute approximate surface area is 343 Å². The molecule has 4 amide bonds. The number of piperazine rings is 1. The number of urea groups is 1. The van der Waals surface area contributed by atoms with Crippen molar-refractivity contribution in [2.75, 3.05) is 42.9 Å². The van der Waals surface area contributed by atoms with E-state index in [-0.39, 0.29) is 11.5 Å². The first-order chi connectivity index (χ1) is 29.1. The number of carbonyl (C=O) groups excluding carboxylic acids is 3.